The van der Waals surface area contributed by atoms with E-state index in [1.165, 1.54) is 29.5 Å². The van der Waals surface area contributed by atoms with Gasteiger partial charge in [0.05, 0.1) is 4.47 Å². The van der Waals surface area contributed by atoms with Crippen LogP contribution in [0.1, 0.15) is 29.2 Å². The van der Waals surface area contributed by atoms with Gasteiger partial charge in [-0.15, -0.1) is 0 Å². The predicted molar refractivity (Wildman–Crippen MR) is 84.8 cm³/mol. The Labute approximate surface area is 128 Å². The van der Waals surface area contributed by atoms with Crippen molar-refractivity contribution in [2.75, 3.05) is 7.05 Å². The van der Waals surface area contributed by atoms with Crippen LogP contribution in [0.5, 0.6) is 5.75 Å². The number of hydrogen-bond donors (Lipinski definition) is 1. The van der Waals surface area contributed by atoms with E-state index in [0.29, 0.717) is 11.8 Å². The molecule has 3 heteroatoms. The van der Waals surface area contributed by atoms with Crippen LogP contribution in [0.2, 0.25) is 0 Å². The van der Waals surface area contributed by atoms with E-state index < -0.39 is 0 Å². The number of fused-ring (bicyclic) bond motifs is 1. The standard InChI is InChI=1S/C17H18BrNO/c1-19(11-12-6-9-17(20)15(18)10-12)16-8-7-13-4-2-3-5-14(13)16/h2-6,9-10,16,20H,7-8,11H2,1H3. The van der Waals surface area contributed by atoms with Crippen LogP contribution in [0.3, 0.4) is 0 Å². The van der Waals surface area contributed by atoms with Gasteiger partial charge in [-0.2, -0.15) is 0 Å². The first-order valence-electron chi connectivity index (χ1n) is 6.90. The molecule has 0 amide bonds. The fourth-order valence-electron chi connectivity index (χ4n) is 3.04. The Hall–Kier alpha value is -1.32. The highest BCUT2D eigenvalue weighted by atomic mass is 79.9. The molecule has 104 valence electrons. The first kappa shape index (κ1) is 13.7. The van der Waals surface area contributed by atoms with Gasteiger partial charge in [-0.1, -0.05) is 30.3 Å². The first-order chi connectivity index (χ1) is 9.65. The second-order valence-corrected chi connectivity index (χ2v) is 6.31. The summed E-state index contributed by atoms with van der Waals surface area (Å²) in [7, 11) is 2.17. The molecule has 0 bridgehead atoms. The van der Waals surface area contributed by atoms with Crippen molar-refractivity contribution >= 4 is 15.9 Å². The van der Waals surface area contributed by atoms with Crippen molar-refractivity contribution in [2.24, 2.45) is 0 Å². The van der Waals surface area contributed by atoms with Crippen LogP contribution in [-0.2, 0) is 13.0 Å². The van der Waals surface area contributed by atoms with Gasteiger partial charge < -0.3 is 5.11 Å². The van der Waals surface area contributed by atoms with Gasteiger partial charge in [-0.25, -0.2) is 0 Å². The largest absolute Gasteiger partial charge is 0.507 e. The van der Waals surface area contributed by atoms with Crippen LogP contribution in [0.15, 0.2) is 46.9 Å². The third-order valence-electron chi connectivity index (χ3n) is 4.08. The van der Waals surface area contributed by atoms with Gasteiger partial charge in [0.15, 0.2) is 0 Å². The Kier molecular flexibility index (Phi) is 3.81. The molecule has 2 aromatic rings. The zero-order valence-electron chi connectivity index (χ0n) is 11.5. The van der Waals surface area contributed by atoms with Gasteiger partial charge in [0.1, 0.15) is 5.75 Å². The van der Waals surface area contributed by atoms with E-state index in [1.807, 2.05) is 12.1 Å². The van der Waals surface area contributed by atoms with Gasteiger partial charge in [0.25, 0.3) is 0 Å². The molecule has 0 saturated carbocycles. The number of aryl methyl sites for hydroxylation is 1. The molecule has 3 rings (SSSR count). The molecule has 20 heavy (non-hydrogen) atoms. The summed E-state index contributed by atoms with van der Waals surface area (Å²) in [5, 5.41) is 9.56. The normalized spacial score (nSPS) is 17.4. The first-order valence-corrected chi connectivity index (χ1v) is 7.70. The van der Waals surface area contributed by atoms with Crippen LogP contribution in [-0.4, -0.2) is 17.1 Å². The maximum atomic E-state index is 9.56. The number of phenolic OH excluding ortho intramolecular Hbond substituents is 1. The zero-order chi connectivity index (χ0) is 14.1. The predicted octanol–water partition coefficient (Wildman–Crippen LogP) is 4.27. The second-order valence-electron chi connectivity index (χ2n) is 5.45. The van der Waals surface area contributed by atoms with E-state index in [9.17, 15) is 5.11 Å². The number of benzene rings is 2. The third-order valence-corrected chi connectivity index (χ3v) is 4.71. The quantitative estimate of drug-likeness (QED) is 0.907. The number of hydrogen-bond acceptors (Lipinski definition) is 2. The lowest BCUT2D eigenvalue weighted by atomic mass is 10.1. The number of aromatic hydroxyl groups is 1. The average molecular weight is 332 g/mol. The molecule has 1 unspecified atom stereocenters. The summed E-state index contributed by atoms with van der Waals surface area (Å²) in [5.74, 6) is 0.294. The smallest absolute Gasteiger partial charge is 0.129 e. The lowest BCUT2D eigenvalue weighted by molar-refractivity contribution is 0.236. The highest BCUT2D eigenvalue weighted by Crippen LogP contribution is 2.35. The summed E-state index contributed by atoms with van der Waals surface area (Å²) in [6.45, 7) is 0.887. The van der Waals surface area contributed by atoms with Crippen LogP contribution in [0, 0.1) is 0 Å². The van der Waals surface area contributed by atoms with Crippen LogP contribution >= 0.6 is 15.9 Å². The molecule has 0 spiro atoms. The number of halogens is 1. The van der Waals surface area contributed by atoms with Crippen LogP contribution in [0.4, 0.5) is 0 Å². The molecule has 0 aliphatic heterocycles. The Morgan fingerprint density at radius 1 is 1.25 bits per heavy atom. The highest BCUT2D eigenvalue weighted by molar-refractivity contribution is 9.10. The van der Waals surface area contributed by atoms with Crippen molar-refractivity contribution in [3.05, 3.63) is 63.6 Å². The fourth-order valence-corrected chi connectivity index (χ4v) is 3.47. The molecule has 0 fully saturated rings. The third kappa shape index (κ3) is 2.60. The monoisotopic (exact) mass is 331 g/mol. The van der Waals surface area contributed by atoms with Crippen molar-refractivity contribution in [3.8, 4) is 5.75 Å². The van der Waals surface area contributed by atoms with Crippen molar-refractivity contribution in [1.29, 1.82) is 0 Å². The number of phenols is 1. The molecule has 1 atom stereocenters. The van der Waals surface area contributed by atoms with E-state index >= 15 is 0 Å². The molecule has 1 aliphatic rings. The van der Waals surface area contributed by atoms with E-state index in [0.717, 1.165) is 11.0 Å². The summed E-state index contributed by atoms with van der Waals surface area (Å²) < 4.78 is 0.759. The van der Waals surface area contributed by atoms with E-state index in [4.69, 9.17) is 0 Å². The van der Waals surface area contributed by atoms with Crippen molar-refractivity contribution < 1.29 is 5.11 Å². The van der Waals surface area contributed by atoms with E-state index in [-0.39, 0.29) is 0 Å². The maximum absolute atomic E-state index is 9.56. The summed E-state index contributed by atoms with van der Waals surface area (Å²) in [6, 6.07) is 15.0. The molecular formula is C17H18BrNO. The Morgan fingerprint density at radius 3 is 2.85 bits per heavy atom. The SMILES string of the molecule is CN(Cc1ccc(O)c(Br)c1)C1CCc2ccccc21. The minimum absolute atomic E-state index is 0.294. The topological polar surface area (TPSA) is 23.5 Å². The van der Waals surface area contributed by atoms with Gasteiger partial charge in [-0.3, -0.25) is 4.90 Å². The Bertz CT molecular complexity index is 626. The van der Waals surface area contributed by atoms with Gasteiger partial charge >= 0.3 is 0 Å². The van der Waals surface area contributed by atoms with Crippen LogP contribution in [0.25, 0.3) is 0 Å². The van der Waals surface area contributed by atoms with Gasteiger partial charge in [-0.05, 0) is 64.6 Å². The lowest BCUT2D eigenvalue weighted by Gasteiger charge is -2.25. The number of nitrogens with zero attached hydrogens (tertiary/aromatic N) is 1. The molecule has 0 aromatic heterocycles. The van der Waals surface area contributed by atoms with Crippen molar-refractivity contribution in [2.45, 2.75) is 25.4 Å². The molecule has 2 aromatic carbocycles. The molecular weight excluding hydrogens is 314 g/mol. The van der Waals surface area contributed by atoms with E-state index in [1.54, 1.807) is 6.07 Å². The Balaban J connectivity index is 1.77. The number of rotatable bonds is 3. The summed E-state index contributed by atoms with van der Waals surface area (Å²) in [4.78, 5) is 2.39. The van der Waals surface area contributed by atoms with Gasteiger partial charge in [0.2, 0.25) is 0 Å². The second kappa shape index (κ2) is 5.58. The minimum Gasteiger partial charge on any atom is -0.507 e. The molecule has 0 heterocycles. The molecule has 1 N–H and O–H groups in total. The van der Waals surface area contributed by atoms with Crippen molar-refractivity contribution in [3.63, 3.8) is 0 Å². The maximum Gasteiger partial charge on any atom is 0.129 e. The van der Waals surface area contributed by atoms with Gasteiger partial charge in [0, 0.05) is 12.6 Å². The lowest BCUT2D eigenvalue weighted by Crippen LogP contribution is -2.22. The molecule has 2 nitrogen and oxygen atoms in total. The average Bonchev–Trinajstić information content (AvgIpc) is 2.87. The van der Waals surface area contributed by atoms with E-state index in [2.05, 4.69) is 52.1 Å². The summed E-state index contributed by atoms with van der Waals surface area (Å²) in [5.41, 5.74) is 4.16. The zero-order valence-corrected chi connectivity index (χ0v) is 13.1. The summed E-state index contributed by atoms with van der Waals surface area (Å²) in [6.07, 6.45) is 2.36. The summed E-state index contributed by atoms with van der Waals surface area (Å²) >= 11 is 3.38. The van der Waals surface area contributed by atoms with Crippen LogP contribution < -0.4 is 0 Å². The minimum atomic E-state index is 0.294. The Morgan fingerprint density at radius 2 is 2.05 bits per heavy atom. The molecule has 0 saturated heterocycles. The highest BCUT2D eigenvalue weighted by Gasteiger charge is 2.25. The van der Waals surface area contributed by atoms with Crippen molar-refractivity contribution in [1.82, 2.24) is 4.90 Å². The fraction of sp³-hybridized carbons (Fsp3) is 0.294. The molecule has 1 aliphatic carbocycles. The molecule has 0 radical (unpaired) electrons.